The molecule has 0 aliphatic rings. The third-order valence-corrected chi connectivity index (χ3v) is 10.2. The maximum Gasteiger partial charge on any atom is 0.0453 e. The van der Waals surface area contributed by atoms with E-state index in [-0.39, 0.29) is 0 Å². The third-order valence-electron chi connectivity index (χ3n) is 10.2. The molecule has 0 saturated carbocycles. The number of aromatic nitrogens is 7. The fourth-order valence-electron chi connectivity index (χ4n) is 6.97. The van der Waals surface area contributed by atoms with Gasteiger partial charge in [0.1, 0.15) is 0 Å². The van der Waals surface area contributed by atoms with E-state index in [1.165, 1.54) is 76.3 Å². The van der Waals surface area contributed by atoms with Gasteiger partial charge in [-0.05, 0) is 123 Å². The van der Waals surface area contributed by atoms with Crippen LogP contribution in [0.15, 0.2) is 256 Å². The monoisotopic (exact) mass is 819 g/mol. The molecule has 0 bridgehead atoms. The summed E-state index contributed by atoms with van der Waals surface area (Å²) in [5, 5.41) is 8.93. The zero-order valence-electron chi connectivity index (χ0n) is 34.7. The van der Waals surface area contributed by atoms with Crippen molar-refractivity contribution in [2.75, 3.05) is 0 Å². The number of hydrogen-bond acceptors (Lipinski definition) is 0. The quantitative estimate of drug-likeness (QED) is 0.0791. The second-order valence-electron chi connectivity index (χ2n) is 14.5. The number of para-hydroxylation sites is 7. The lowest BCUT2D eigenvalue weighted by Gasteiger charge is -1.83. The molecule has 7 heterocycles. The van der Waals surface area contributed by atoms with Gasteiger partial charge in [0.2, 0.25) is 0 Å². The van der Waals surface area contributed by atoms with E-state index in [4.69, 9.17) is 0 Å². The number of hydrogen-bond donors (Lipinski definition) is 7. The van der Waals surface area contributed by atoms with E-state index < -0.39 is 0 Å². The molecule has 14 aromatic rings. The molecular formula is C56H49N7. The van der Waals surface area contributed by atoms with Crippen molar-refractivity contribution in [3.05, 3.63) is 256 Å². The Hall–Kier alpha value is -8.68. The number of fused-ring (bicyclic) bond motifs is 7. The zero-order chi connectivity index (χ0) is 42.7. The van der Waals surface area contributed by atoms with Crippen LogP contribution in [0.5, 0.6) is 0 Å². The second-order valence-corrected chi connectivity index (χ2v) is 14.5. The van der Waals surface area contributed by atoms with E-state index in [1.54, 1.807) is 0 Å². The first-order chi connectivity index (χ1) is 31.3. The van der Waals surface area contributed by atoms with Gasteiger partial charge >= 0.3 is 0 Å². The number of nitrogens with one attached hydrogen (secondary N) is 7. The lowest BCUT2D eigenvalue weighted by Crippen LogP contribution is -1.61. The van der Waals surface area contributed by atoms with Crippen LogP contribution in [0.3, 0.4) is 0 Å². The van der Waals surface area contributed by atoms with E-state index in [0.717, 1.165) is 0 Å². The molecule has 63 heavy (non-hydrogen) atoms. The molecule has 0 fully saturated rings. The minimum absolute atomic E-state index is 1.21. The number of rotatable bonds is 0. The summed E-state index contributed by atoms with van der Waals surface area (Å²) in [6.45, 7) is 0. The highest BCUT2D eigenvalue weighted by atomic mass is 14.7. The molecule has 0 saturated heterocycles. The van der Waals surface area contributed by atoms with Crippen LogP contribution in [-0.4, -0.2) is 34.9 Å². The van der Waals surface area contributed by atoms with Crippen molar-refractivity contribution in [1.29, 1.82) is 0 Å². The maximum atomic E-state index is 3.12. The average Bonchev–Trinajstić information content (AvgIpc) is 4.21. The summed E-state index contributed by atoms with van der Waals surface area (Å²) in [6, 6.07) is 72.0. The summed E-state index contributed by atoms with van der Waals surface area (Å²) in [5.74, 6) is 0. The van der Waals surface area contributed by atoms with Gasteiger partial charge in [-0.2, -0.15) is 0 Å². The van der Waals surface area contributed by atoms with Crippen LogP contribution in [0, 0.1) is 0 Å². The molecule has 0 unspecified atom stereocenters. The van der Waals surface area contributed by atoms with Gasteiger partial charge in [0.05, 0.1) is 0 Å². The smallest absolute Gasteiger partial charge is 0.0453 e. The lowest BCUT2D eigenvalue weighted by atomic mass is 10.3. The predicted molar refractivity (Wildman–Crippen MR) is 268 cm³/mol. The van der Waals surface area contributed by atoms with E-state index in [1.807, 2.05) is 128 Å². The molecule has 0 spiro atoms. The summed E-state index contributed by atoms with van der Waals surface area (Å²) in [5.41, 5.74) is 8.44. The Labute approximate surface area is 365 Å². The van der Waals surface area contributed by atoms with Gasteiger partial charge in [0.15, 0.2) is 0 Å². The van der Waals surface area contributed by atoms with Gasteiger partial charge in [-0.25, -0.2) is 0 Å². The normalized spacial score (nSPS) is 10.2. The molecule has 0 aliphatic carbocycles. The summed E-state index contributed by atoms with van der Waals surface area (Å²) >= 11 is 0. The second kappa shape index (κ2) is 21.5. The molecule has 7 N–H and O–H groups in total. The minimum Gasteiger partial charge on any atom is -0.361 e. The van der Waals surface area contributed by atoms with E-state index in [2.05, 4.69) is 162 Å². The molecule has 0 aliphatic heterocycles. The molecule has 7 aromatic heterocycles. The first kappa shape index (κ1) is 41.1. The van der Waals surface area contributed by atoms with Crippen molar-refractivity contribution >= 4 is 76.3 Å². The van der Waals surface area contributed by atoms with Gasteiger partial charge in [-0.1, -0.05) is 127 Å². The van der Waals surface area contributed by atoms with Crippen LogP contribution in [0.2, 0.25) is 0 Å². The lowest BCUT2D eigenvalue weighted by molar-refractivity contribution is 1.48. The van der Waals surface area contributed by atoms with Gasteiger partial charge in [0.25, 0.3) is 0 Å². The molecule has 308 valence electrons. The topological polar surface area (TPSA) is 111 Å². The summed E-state index contributed by atoms with van der Waals surface area (Å²) in [4.78, 5) is 21.8. The highest BCUT2D eigenvalue weighted by Crippen LogP contribution is 2.13. The van der Waals surface area contributed by atoms with Crippen molar-refractivity contribution in [2.45, 2.75) is 0 Å². The number of aromatic amines is 7. The van der Waals surface area contributed by atoms with Gasteiger partial charge < -0.3 is 34.9 Å². The Balaban J connectivity index is 0.000000101. The number of H-pyrrole nitrogens is 7. The minimum atomic E-state index is 1.21. The van der Waals surface area contributed by atoms with Crippen LogP contribution >= 0.6 is 0 Å². The Morgan fingerprint density at radius 2 is 0.270 bits per heavy atom. The van der Waals surface area contributed by atoms with Crippen LogP contribution < -0.4 is 0 Å². The van der Waals surface area contributed by atoms with Gasteiger partial charge in [-0.3, -0.25) is 0 Å². The zero-order valence-corrected chi connectivity index (χ0v) is 34.7. The summed E-state index contributed by atoms with van der Waals surface area (Å²) in [7, 11) is 0. The first-order valence-electron chi connectivity index (χ1n) is 20.9. The molecular weight excluding hydrogens is 771 g/mol. The SMILES string of the molecule is c1ccc2[nH]ccc2c1.c1ccc2[nH]ccc2c1.c1ccc2[nH]ccc2c1.c1ccc2[nH]ccc2c1.c1ccc2[nH]ccc2c1.c1ccc2[nH]ccc2c1.c1ccc2[nH]ccc2c1. The molecule has 7 heteroatoms. The summed E-state index contributed by atoms with van der Waals surface area (Å²) in [6.07, 6.45) is 13.6. The van der Waals surface area contributed by atoms with Crippen LogP contribution in [-0.2, 0) is 0 Å². The van der Waals surface area contributed by atoms with Crippen molar-refractivity contribution in [2.24, 2.45) is 0 Å². The highest BCUT2D eigenvalue weighted by Gasteiger charge is 1.91. The van der Waals surface area contributed by atoms with E-state index >= 15 is 0 Å². The Morgan fingerprint density at radius 3 is 0.397 bits per heavy atom. The van der Waals surface area contributed by atoms with Gasteiger partial charge in [-0.15, -0.1) is 0 Å². The van der Waals surface area contributed by atoms with Crippen LogP contribution in [0.1, 0.15) is 0 Å². The molecule has 0 atom stereocenters. The Morgan fingerprint density at radius 1 is 0.143 bits per heavy atom. The fourth-order valence-corrected chi connectivity index (χ4v) is 6.97. The van der Waals surface area contributed by atoms with Gasteiger partial charge in [0, 0.05) is 82.0 Å². The number of benzene rings is 7. The van der Waals surface area contributed by atoms with Crippen molar-refractivity contribution in [1.82, 2.24) is 34.9 Å². The van der Waals surface area contributed by atoms with Crippen molar-refractivity contribution < 1.29 is 0 Å². The Kier molecular flexibility index (Phi) is 14.0. The molecule has 14 rings (SSSR count). The predicted octanol–water partition coefficient (Wildman–Crippen LogP) is 15.2. The van der Waals surface area contributed by atoms with E-state index in [9.17, 15) is 0 Å². The van der Waals surface area contributed by atoms with Crippen LogP contribution in [0.25, 0.3) is 76.3 Å². The molecule has 7 aromatic carbocycles. The third kappa shape index (κ3) is 11.5. The van der Waals surface area contributed by atoms with E-state index in [0.29, 0.717) is 0 Å². The molecule has 0 radical (unpaired) electrons. The molecule has 7 nitrogen and oxygen atoms in total. The standard InChI is InChI=1S/7C8H7N/c7*1-2-4-8-7(3-1)5-6-9-8/h7*1-6,9H. The molecule has 0 amide bonds. The first-order valence-corrected chi connectivity index (χ1v) is 20.9. The largest absolute Gasteiger partial charge is 0.361 e. The van der Waals surface area contributed by atoms with Crippen molar-refractivity contribution in [3.8, 4) is 0 Å². The van der Waals surface area contributed by atoms with Crippen molar-refractivity contribution in [3.63, 3.8) is 0 Å². The Bertz CT molecular complexity index is 2600. The average molecular weight is 820 g/mol. The highest BCUT2D eigenvalue weighted by molar-refractivity contribution is 5.82. The van der Waals surface area contributed by atoms with Crippen LogP contribution in [0.4, 0.5) is 0 Å². The maximum absolute atomic E-state index is 3.12. The fraction of sp³-hybridized carbons (Fsp3) is 0. The summed E-state index contributed by atoms with van der Waals surface area (Å²) < 4.78 is 0.